The number of ketones is 1. The highest BCUT2D eigenvalue weighted by molar-refractivity contribution is 7.12. The van der Waals surface area contributed by atoms with Crippen LogP contribution in [0.3, 0.4) is 0 Å². The molecular weight excluding hydrogens is 374 g/mol. The molecule has 1 unspecified atom stereocenters. The Hall–Kier alpha value is -3.12. The van der Waals surface area contributed by atoms with Gasteiger partial charge < -0.3 is 9.52 Å². The van der Waals surface area contributed by atoms with Gasteiger partial charge in [-0.15, -0.1) is 11.3 Å². The first-order chi connectivity index (χ1) is 13.4. The lowest BCUT2D eigenvalue weighted by Gasteiger charge is -2.26. The topological polar surface area (TPSA) is 70.8 Å². The van der Waals surface area contributed by atoms with Gasteiger partial charge in [0, 0.05) is 5.69 Å². The van der Waals surface area contributed by atoms with E-state index >= 15 is 0 Å². The molecule has 1 aromatic carbocycles. The fourth-order valence-corrected chi connectivity index (χ4v) is 4.25. The fraction of sp³-hybridized carbons (Fsp3) is 0.182. The minimum absolute atomic E-state index is 0.0433. The van der Waals surface area contributed by atoms with Crippen LogP contribution in [0.15, 0.2) is 63.6 Å². The van der Waals surface area contributed by atoms with Gasteiger partial charge in [0.05, 0.1) is 10.5 Å². The van der Waals surface area contributed by atoms with Gasteiger partial charge in [-0.25, -0.2) is 0 Å². The molecule has 0 aliphatic carbocycles. The molecule has 2 aromatic heterocycles. The van der Waals surface area contributed by atoms with E-state index in [-0.39, 0.29) is 11.4 Å². The zero-order chi connectivity index (χ0) is 20.0. The molecule has 0 saturated carbocycles. The summed E-state index contributed by atoms with van der Waals surface area (Å²) < 4.78 is 5.79. The van der Waals surface area contributed by atoms with Crippen molar-refractivity contribution in [2.75, 3.05) is 4.90 Å². The van der Waals surface area contributed by atoms with E-state index in [1.807, 2.05) is 32.0 Å². The summed E-state index contributed by atoms with van der Waals surface area (Å²) in [5, 5.41) is 12.5. The highest BCUT2D eigenvalue weighted by Gasteiger charge is 2.46. The predicted molar refractivity (Wildman–Crippen MR) is 108 cm³/mol. The largest absolute Gasteiger partial charge is 0.503 e. The summed E-state index contributed by atoms with van der Waals surface area (Å²) in [6.45, 7) is 5.67. The number of hydrogen-bond acceptors (Lipinski definition) is 5. The van der Waals surface area contributed by atoms with Gasteiger partial charge in [0.15, 0.2) is 5.76 Å². The van der Waals surface area contributed by atoms with Crippen molar-refractivity contribution in [1.29, 1.82) is 0 Å². The Morgan fingerprint density at radius 3 is 2.54 bits per heavy atom. The molecule has 1 aliphatic heterocycles. The number of Topliss-reactive ketones (excluding diaryl/α,β-unsaturated/α-hetero) is 1. The van der Waals surface area contributed by atoms with Crippen LogP contribution >= 0.6 is 11.3 Å². The van der Waals surface area contributed by atoms with E-state index in [9.17, 15) is 14.7 Å². The van der Waals surface area contributed by atoms with Crippen molar-refractivity contribution in [2.45, 2.75) is 26.8 Å². The van der Waals surface area contributed by atoms with Gasteiger partial charge in [-0.1, -0.05) is 23.8 Å². The van der Waals surface area contributed by atoms with Crippen LogP contribution in [0.5, 0.6) is 0 Å². The van der Waals surface area contributed by atoms with Gasteiger partial charge in [-0.2, -0.15) is 0 Å². The maximum atomic E-state index is 13.1. The number of benzene rings is 1. The number of rotatable bonds is 4. The molecule has 3 heterocycles. The van der Waals surface area contributed by atoms with E-state index in [2.05, 4.69) is 0 Å². The summed E-state index contributed by atoms with van der Waals surface area (Å²) in [6, 6.07) is 11.8. The second-order valence-corrected chi connectivity index (χ2v) is 7.83. The molecule has 6 heteroatoms. The first-order valence-electron chi connectivity index (χ1n) is 8.87. The normalized spacial score (nSPS) is 16.9. The van der Waals surface area contributed by atoms with Crippen molar-refractivity contribution in [2.24, 2.45) is 0 Å². The lowest BCUT2D eigenvalue weighted by Crippen LogP contribution is -2.31. The van der Waals surface area contributed by atoms with Crippen LogP contribution in [0.2, 0.25) is 0 Å². The molecule has 1 atom stereocenters. The van der Waals surface area contributed by atoms with Gasteiger partial charge >= 0.3 is 0 Å². The molecule has 0 radical (unpaired) electrons. The van der Waals surface area contributed by atoms with Crippen molar-refractivity contribution in [1.82, 2.24) is 0 Å². The average Bonchev–Trinajstić information content (AvgIpc) is 3.37. The summed E-state index contributed by atoms with van der Waals surface area (Å²) in [4.78, 5) is 28.1. The van der Waals surface area contributed by atoms with Crippen LogP contribution in [0.25, 0.3) is 0 Å². The van der Waals surface area contributed by atoms with Crippen molar-refractivity contribution in [3.05, 3.63) is 86.7 Å². The second kappa shape index (κ2) is 6.80. The standard InChI is InChI=1S/C22H19NO4S/c1-12-6-8-15(13(2)11-12)23-19(16-9-7-14(3)27-16)18(21(25)22(23)26)20(24)17-5-4-10-28-17/h4-11,19,25H,1-3H3. The van der Waals surface area contributed by atoms with Crippen LogP contribution in [0, 0.1) is 20.8 Å². The molecule has 3 aromatic rings. The Balaban J connectivity index is 1.90. The molecule has 4 rings (SSSR count). The summed E-state index contributed by atoms with van der Waals surface area (Å²) >= 11 is 1.27. The maximum Gasteiger partial charge on any atom is 0.294 e. The number of hydrogen-bond donors (Lipinski definition) is 1. The first-order valence-corrected chi connectivity index (χ1v) is 9.75. The van der Waals surface area contributed by atoms with E-state index in [1.165, 1.54) is 16.2 Å². The summed E-state index contributed by atoms with van der Waals surface area (Å²) in [7, 11) is 0. The first kappa shape index (κ1) is 18.3. The number of furan rings is 1. The molecule has 0 saturated heterocycles. The minimum atomic E-state index is -0.822. The predicted octanol–water partition coefficient (Wildman–Crippen LogP) is 5.05. The van der Waals surface area contributed by atoms with Gasteiger partial charge in [0.2, 0.25) is 5.78 Å². The molecule has 0 fully saturated rings. The fourth-order valence-electron chi connectivity index (χ4n) is 3.57. The number of amides is 1. The van der Waals surface area contributed by atoms with Crippen LogP contribution in [-0.2, 0) is 4.79 Å². The number of carbonyl (C=O) groups excluding carboxylic acids is 2. The Morgan fingerprint density at radius 1 is 1.14 bits per heavy atom. The zero-order valence-electron chi connectivity index (χ0n) is 15.7. The number of carbonyl (C=O) groups is 2. The lowest BCUT2D eigenvalue weighted by molar-refractivity contribution is -0.117. The average molecular weight is 393 g/mol. The van der Waals surface area contributed by atoms with E-state index in [0.29, 0.717) is 22.1 Å². The molecule has 0 bridgehead atoms. The lowest BCUT2D eigenvalue weighted by atomic mass is 9.99. The number of thiophene rings is 1. The Morgan fingerprint density at radius 2 is 1.93 bits per heavy atom. The molecule has 28 heavy (non-hydrogen) atoms. The van der Waals surface area contributed by atoms with Crippen LogP contribution in [-0.4, -0.2) is 16.8 Å². The van der Waals surface area contributed by atoms with Gasteiger partial charge in [0.25, 0.3) is 5.91 Å². The third-order valence-electron chi connectivity index (χ3n) is 4.84. The number of aliphatic hydroxyl groups excluding tert-OH is 1. The third-order valence-corrected chi connectivity index (χ3v) is 5.71. The van der Waals surface area contributed by atoms with Crippen molar-refractivity contribution in [3.8, 4) is 0 Å². The highest BCUT2D eigenvalue weighted by atomic mass is 32.1. The Kier molecular flexibility index (Phi) is 4.43. The zero-order valence-corrected chi connectivity index (χ0v) is 16.5. The van der Waals surface area contributed by atoms with Crippen molar-refractivity contribution >= 4 is 28.7 Å². The quantitative estimate of drug-likeness (QED) is 0.630. The number of nitrogens with zero attached hydrogens (tertiary/aromatic N) is 1. The summed E-state index contributed by atoms with van der Waals surface area (Å²) in [5.41, 5.74) is 2.61. The van der Waals surface area contributed by atoms with Gasteiger partial charge in [0.1, 0.15) is 17.6 Å². The van der Waals surface area contributed by atoms with Gasteiger partial charge in [-0.05, 0) is 56.0 Å². The van der Waals surface area contributed by atoms with E-state index in [0.717, 1.165) is 11.1 Å². The minimum Gasteiger partial charge on any atom is -0.503 e. The Bertz CT molecular complexity index is 1110. The van der Waals surface area contributed by atoms with Crippen molar-refractivity contribution < 1.29 is 19.1 Å². The van der Waals surface area contributed by atoms with E-state index < -0.39 is 17.7 Å². The number of aryl methyl sites for hydroxylation is 3. The Labute approximate surface area is 166 Å². The molecule has 1 N–H and O–H groups in total. The molecule has 5 nitrogen and oxygen atoms in total. The summed E-state index contributed by atoms with van der Waals surface area (Å²) in [6.07, 6.45) is 0. The molecule has 1 amide bonds. The van der Waals surface area contributed by atoms with Crippen LogP contribution in [0.1, 0.15) is 38.4 Å². The van der Waals surface area contributed by atoms with Gasteiger partial charge in [-0.3, -0.25) is 14.5 Å². The highest BCUT2D eigenvalue weighted by Crippen LogP contribution is 2.43. The van der Waals surface area contributed by atoms with E-state index in [4.69, 9.17) is 4.42 Å². The molecule has 0 spiro atoms. The second-order valence-electron chi connectivity index (χ2n) is 6.88. The SMILES string of the molecule is Cc1ccc(N2C(=O)C(O)=C(C(=O)c3cccs3)C2c2ccc(C)o2)c(C)c1. The van der Waals surface area contributed by atoms with Crippen LogP contribution in [0.4, 0.5) is 5.69 Å². The van der Waals surface area contributed by atoms with E-state index in [1.54, 1.807) is 36.6 Å². The van der Waals surface area contributed by atoms with Crippen molar-refractivity contribution in [3.63, 3.8) is 0 Å². The monoisotopic (exact) mass is 393 g/mol. The smallest absolute Gasteiger partial charge is 0.294 e. The summed E-state index contributed by atoms with van der Waals surface area (Å²) in [5.74, 6) is -0.400. The third kappa shape index (κ3) is 2.86. The maximum absolute atomic E-state index is 13.1. The number of aliphatic hydroxyl groups is 1. The van der Waals surface area contributed by atoms with Crippen LogP contribution < -0.4 is 4.90 Å². The number of anilines is 1. The molecule has 1 aliphatic rings. The molecule has 142 valence electrons. The molecular formula is C22H19NO4S.